The molecule has 0 atom stereocenters. The third kappa shape index (κ3) is 3.93. The van der Waals surface area contributed by atoms with Gasteiger partial charge in [0, 0.05) is 12.3 Å². The van der Waals surface area contributed by atoms with Crippen LogP contribution in [-0.4, -0.2) is 51.6 Å². The normalized spacial score (nSPS) is 10.8. The zero-order valence-corrected chi connectivity index (χ0v) is 18.4. The van der Waals surface area contributed by atoms with Gasteiger partial charge in [0.25, 0.3) is 0 Å². The molecule has 9 nitrogen and oxygen atoms in total. The second kappa shape index (κ2) is 9.09. The number of fused-ring (bicyclic) bond motifs is 1. The minimum atomic E-state index is 0.464. The van der Waals surface area contributed by atoms with Crippen LogP contribution in [0.5, 0.6) is 17.4 Å². The lowest BCUT2D eigenvalue weighted by Gasteiger charge is -2.16. The van der Waals surface area contributed by atoms with Crippen molar-refractivity contribution in [2.75, 3.05) is 31.8 Å². The summed E-state index contributed by atoms with van der Waals surface area (Å²) < 4.78 is 21.8. The van der Waals surface area contributed by atoms with Gasteiger partial charge in [-0.15, -0.1) is 0 Å². The van der Waals surface area contributed by atoms with Crippen molar-refractivity contribution in [3.8, 4) is 34.6 Å². The Bertz CT molecular complexity index is 1190. The fourth-order valence-electron chi connectivity index (χ4n) is 3.21. The Kier molecular flexibility index (Phi) is 6.08. The molecular weight excluding hydrogens is 416 g/mol. The molecule has 10 heteroatoms. The Balaban J connectivity index is 2.04. The van der Waals surface area contributed by atoms with E-state index in [4.69, 9.17) is 19.2 Å². The van der Waals surface area contributed by atoms with Crippen molar-refractivity contribution in [3.63, 3.8) is 0 Å². The highest BCUT2D eigenvalue weighted by atomic mass is 32.2. The van der Waals surface area contributed by atoms with E-state index in [0.29, 0.717) is 58.3 Å². The number of ether oxygens (including phenoxy) is 3. The summed E-state index contributed by atoms with van der Waals surface area (Å²) >= 11 is 1.43. The molecular formula is C21H22N6O3S. The molecule has 4 aromatic rings. The van der Waals surface area contributed by atoms with Crippen LogP contribution in [0, 0.1) is 0 Å². The van der Waals surface area contributed by atoms with Crippen molar-refractivity contribution < 1.29 is 14.2 Å². The minimum absolute atomic E-state index is 0.464. The van der Waals surface area contributed by atoms with E-state index in [2.05, 4.69) is 19.7 Å². The Labute approximate surface area is 183 Å². The molecule has 0 bridgehead atoms. The number of para-hydroxylation sites is 1. The minimum Gasteiger partial charge on any atom is -0.494 e. The van der Waals surface area contributed by atoms with E-state index in [9.17, 15) is 0 Å². The maximum atomic E-state index is 5.64. The van der Waals surface area contributed by atoms with Gasteiger partial charge in [-0.25, -0.2) is 19.9 Å². The van der Waals surface area contributed by atoms with Gasteiger partial charge in [-0.2, -0.15) is 0 Å². The van der Waals surface area contributed by atoms with Crippen molar-refractivity contribution in [2.45, 2.75) is 6.92 Å². The van der Waals surface area contributed by atoms with Crippen molar-refractivity contribution in [3.05, 3.63) is 42.6 Å². The molecule has 160 valence electrons. The van der Waals surface area contributed by atoms with E-state index in [0.717, 1.165) is 0 Å². The molecule has 0 aliphatic rings. The summed E-state index contributed by atoms with van der Waals surface area (Å²) in [6.45, 7) is 2.43. The van der Waals surface area contributed by atoms with Gasteiger partial charge in [-0.1, -0.05) is 24.1 Å². The number of aromatic nitrogens is 5. The number of hydrogen-bond acceptors (Lipinski definition) is 9. The second-order valence-electron chi connectivity index (χ2n) is 6.28. The molecule has 1 N–H and O–H groups in total. The van der Waals surface area contributed by atoms with Crippen LogP contribution in [0.15, 0.2) is 42.6 Å². The first-order chi connectivity index (χ1) is 15.2. The van der Waals surface area contributed by atoms with Crippen LogP contribution in [0.2, 0.25) is 0 Å². The molecule has 0 amide bonds. The van der Waals surface area contributed by atoms with Gasteiger partial charge in [-0.05, 0) is 25.1 Å². The third-order valence-electron chi connectivity index (χ3n) is 4.45. The molecule has 3 heterocycles. The Morgan fingerprint density at radius 2 is 1.74 bits per heavy atom. The van der Waals surface area contributed by atoms with Crippen LogP contribution < -0.4 is 18.9 Å². The van der Waals surface area contributed by atoms with Gasteiger partial charge >= 0.3 is 0 Å². The Hall–Kier alpha value is -3.53. The number of methoxy groups -OCH3 is 2. The van der Waals surface area contributed by atoms with Crippen LogP contribution in [0.25, 0.3) is 28.5 Å². The smallest absolute Gasteiger partial charge is 0.213 e. The number of rotatable bonds is 8. The van der Waals surface area contributed by atoms with Gasteiger partial charge in [0.05, 0.1) is 27.0 Å². The molecule has 0 aliphatic heterocycles. The first-order valence-electron chi connectivity index (χ1n) is 9.56. The summed E-state index contributed by atoms with van der Waals surface area (Å²) in [6.07, 6.45) is 3.57. The lowest BCUT2D eigenvalue weighted by atomic mass is 10.2. The summed E-state index contributed by atoms with van der Waals surface area (Å²) in [6, 6.07) is 11.1. The van der Waals surface area contributed by atoms with Gasteiger partial charge in [0.2, 0.25) is 5.88 Å². The lowest BCUT2D eigenvalue weighted by molar-refractivity contribution is 0.327. The summed E-state index contributed by atoms with van der Waals surface area (Å²) in [4.78, 5) is 18.6. The number of benzene rings is 1. The highest BCUT2D eigenvalue weighted by molar-refractivity contribution is 7.99. The molecule has 3 aromatic heterocycles. The van der Waals surface area contributed by atoms with Crippen LogP contribution in [0.4, 0.5) is 5.82 Å². The first-order valence-corrected chi connectivity index (χ1v) is 10.8. The molecule has 0 saturated carbocycles. The molecule has 0 aliphatic carbocycles. The predicted octanol–water partition coefficient (Wildman–Crippen LogP) is 3.98. The zero-order valence-electron chi connectivity index (χ0n) is 17.6. The summed E-state index contributed by atoms with van der Waals surface area (Å²) in [5.74, 6) is 2.87. The molecule has 0 radical (unpaired) electrons. The fourth-order valence-corrected chi connectivity index (χ4v) is 3.52. The molecule has 0 saturated heterocycles. The number of nitrogens with zero attached hydrogens (tertiary/aromatic N) is 5. The Morgan fingerprint density at radius 3 is 2.42 bits per heavy atom. The van der Waals surface area contributed by atoms with Crippen LogP contribution in [0.1, 0.15) is 6.92 Å². The molecule has 31 heavy (non-hydrogen) atoms. The van der Waals surface area contributed by atoms with Crippen LogP contribution in [0.3, 0.4) is 0 Å². The largest absolute Gasteiger partial charge is 0.494 e. The summed E-state index contributed by atoms with van der Waals surface area (Å²) in [7, 11) is 3.22. The second-order valence-corrected chi connectivity index (χ2v) is 6.90. The van der Waals surface area contributed by atoms with E-state index in [-0.39, 0.29) is 0 Å². The van der Waals surface area contributed by atoms with Crippen molar-refractivity contribution in [1.29, 1.82) is 0 Å². The van der Waals surface area contributed by atoms with E-state index in [1.807, 2.05) is 48.1 Å². The van der Waals surface area contributed by atoms with Gasteiger partial charge in [0.15, 0.2) is 22.9 Å². The maximum absolute atomic E-state index is 5.64. The highest BCUT2D eigenvalue weighted by Gasteiger charge is 2.23. The zero-order chi connectivity index (χ0) is 21.8. The van der Waals surface area contributed by atoms with E-state index in [1.54, 1.807) is 26.5 Å². The predicted molar refractivity (Wildman–Crippen MR) is 121 cm³/mol. The van der Waals surface area contributed by atoms with Gasteiger partial charge in [0.1, 0.15) is 22.9 Å². The van der Waals surface area contributed by atoms with E-state index < -0.39 is 0 Å². The fraction of sp³-hybridized carbons (Fsp3) is 0.238. The average molecular weight is 439 g/mol. The topological polar surface area (TPSA) is 96.2 Å². The standard InChI is InChI=1S/C21H22N6O3S/c1-5-30-17-11-6-8-13(23-17)20-25-19-21(22-12-16(24-19)26-31-4)27(20)18-14(28-2)9-7-10-15(18)29-3/h6-12H,5H2,1-4H3,(H,24,26). The van der Waals surface area contributed by atoms with Crippen molar-refractivity contribution >= 4 is 29.1 Å². The lowest BCUT2D eigenvalue weighted by Crippen LogP contribution is -2.05. The molecule has 4 rings (SSSR count). The Morgan fingerprint density at radius 1 is 1.00 bits per heavy atom. The molecule has 0 spiro atoms. The number of nitrogens with one attached hydrogen (secondary N) is 1. The number of imidazole rings is 1. The summed E-state index contributed by atoms with van der Waals surface area (Å²) in [5.41, 5.74) is 2.28. The number of hydrogen-bond donors (Lipinski definition) is 1. The van der Waals surface area contributed by atoms with Crippen molar-refractivity contribution in [1.82, 2.24) is 24.5 Å². The van der Waals surface area contributed by atoms with Gasteiger partial charge in [-0.3, -0.25) is 4.57 Å². The molecule has 0 fully saturated rings. The monoisotopic (exact) mass is 438 g/mol. The quantitative estimate of drug-likeness (QED) is 0.410. The maximum Gasteiger partial charge on any atom is 0.213 e. The van der Waals surface area contributed by atoms with E-state index in [1.165, 1.54) is 11.9 Å². The number of pyridine rings is 1. The SMILES string of the molecule is CCOc1cccc(-c2nc3nc(NSC)cnc3n2-c2c(OC)cccc2OC)n1. The van der Waals surface area contributed by atoms with E-state index >= 15 is 0 Å². The van der Waals surface area contributed by atoms with Crippen LogP contribution >= 0.6 is 11.9 Å². The van der Waals surface area contributed by atoms with Crippen LogP contribution in [-0.2, 0) is 0 Å². The number of anilines is 1. The average Bonchev–Trinajstić information content (AvgIpc) is 3.17. The first kappa shape index (κ1) is 20.7. The third-order valence-corrected chi connectivity index (χ3v) is 4.86. The highest BCUT2D eigenvalue weighted by Crippen LogP contribution is 2.37. The molecule has 0 unspecified atom stereocenters. The molecule has 1 aromatic carbocycles. The van der Waals surface area contributed by atoms with Crippen molar-refractivity contribution in [2.24, 2.45) is 0 Å². The van der Waals surface area contributed by atoms with Gasteiger partial charge < -0.3 is 18.9 Å². The summed E-state index contributed by atoms with van der Waals surface area (Å²) in [5, 5.41) is 0.